The Hall–Kier alpha value is -3.00. The number of nitrogens with zero attached hydrogens (tertiary/aromatic N) is 4. The predicted octanol–water partition coefficient (Wildman–Crippen LogP) is 2.52. The third kappa shape index (κ3) is 2.25. The van der Waals surface area contributed by atoms with Gasteiger partial charge >= 0.3 is 0 Å². The van der Waals surface area contributed by atoms with Gasteiger partial charge in [0.2, 0.25) is 0 Å². The highest BCUT2D eigenvalue weighted by molar-refractivity contribution is 5.74. The van der Waals surface area contributed by atoms with E-state index in [1.54, 1.807) is 41.0 Å². The Morgan fingerprint density at radius 2 is 1.86 bits per heavy atom. The number of aromatic nitrogens is 3. The number of pyridine rings is 1. The molecule has 0 N–H and O–H groups in total. The van der Waals surface area contributed by atoms with Crippen LogP contribution >= 0.6 is 0 Å². The van der Waals surface area contributed by atoms with Crippen molar-refractivity contribution in [2.24, 2.45) is 0 Å². The summed E-state index contributed by atoms with van der Waals surface area (Å²) in [7, 11) is 0. The number of benzene rings is 1. The number of rotatable bonds is 2. The van der Waals surface area contributed by atoms with E-state index < -0.39 is 0 Å². The Labute approximate surface area is 127 Å². The Kier molecular flexibility index (Phi) is 3.43. The van der Waals surface area contributed by atoms with Crippen LogP contribution in [0.5, 0.6) is 0 Å². The van der Waals surface area contributed by atoms with Gasteiger partial charge in [0.05, 0.1) is 22.7 Å². The fourth-order valence-corrected chi connectivity index (χ4v) is 2.39. The van der Waals surface area contributed by atoms with Crippen molar-refractivity contribution < 1.29 is 0 Å². The van der Waals surface area contributed by atoms with Gasteiger partial charge in [-0.25, -0.2) is 9.97 Å². The van der Waals surface area contributed by atoms with Gasteiger partial charge in [-0.3, -0.25) is 9.36 Å². The molecule has 0 amide bonds. The summed E-state index contributed by atoms with van der Waals surface area (Å²) in [5, 5.41) is 9.38. The zero-order valence-electron chi connectivity index (χ0n) is 12.4. The minimum atomic E-state index is -0.140. The van der Waals surface area contributed by atoms with Crippen molar-refractivity contribution in [2.45, 2.75) is 20.3 Å². The van der Waals surface area contributed by atoms with Crippen LogP contribution in [-0.4, -0.2) is 14.5 Å². The van der Waals surface area contributed by atoms with Gasteiger partial charge < -0.3 is 0 Å². The largest absolute Gasteiger partial charge is 0.268 e. The molecule has 5 nitrogen and oxygen atoms in total. The second kappa shape index (κ2) is 5.41. The third-order valence-corrected chi connectivity index (χ3v) is 3.51. The summed E-state index contributed by atoms with van der Waals surface area (Å²) >= 11 is 0. The first-order chi connectivity index (χ1) is 10.6. The lowest BCUT2D eigenvalue weighted by molar-refractivity contribution is 0.828. The Morgan fingerprint density at radius 1 is 1.14 bits per heavy atom. The monoisotopic (exact) mass is 290 g/mol. The van der Waals surface area contributed by atoms with Crippen LogP contribution in [0.2, 0.25) is 0 Å². The molecule has 3 aromatic rings. The summed E-state index contributed by atoms with van der Waals surface area (Å²) in [6.45, 7) is 3.82. The molecule has 5 heteroatoms. The van der Waals surface area contributed by atoms with Crippen LogP contribution in [0.1, 0.15) is 24.0 Å². The van der Waals surface area contributed by atoms with Crippen molar-refractivity contribution in [2.75, 3.05) is 0 Å². The van der Waals surface area contributed by atoms with E-state index in [0.29, 0.717) is 34.5 Å². The van der Waals surface area contributed by atoms with E-state index in [-0.39, 0.29) is 5.56 Å². The van der Waals surface area contributed by atoms with E-state index in [9.17, 15) is 4.79 Å². The average molecular weight is 290 g/mol. The molecule has 0 radical (unpaired) electrons. The fourth-order valence-electron chi connectivity index (χ4n) is 2.39. The molecule has 108 valence electrons. The first-order valence-electron chi connectivity index (χ1n) is 7.04. The van der Waals surface area contributed by atoms with Crippen LogP contribution in [0.3, 0.4) is 0 Å². The lowest BCUT2D eigenvalue weighted by Gasteiger charge is -2.12. The Morgan fingerprint density at radius 3 is 2.50 bits per heavy atom. The van der Waals surface area contributed by atoms with Gasteiger partial charge in [-0.05, 0) is 43.3 Å². The van der Waals surface area contributed by atoms with Crippen LogP contribution in [0.25, 0.3) is 16.7 Å². The molecule has 0 fully saturated rings. The second-order valence-electron chi connectivity index (χ2n) is 5.00. The van der Waals surface area contributed by atoms with E-state index in [4.69, 9.17) is 5.26 Å². The molecular formula is C17H14N4O. The number of hydrogen-bond donors (Lipinski definition) is 0. The Balaban J connectivity index is 2.32. The van der Waals surface area contributed by atoms with Gasteiger partial charge in [-0.2, -0.15) is 5.26 Å². The van der Waals surface area contributed by atoms with Crippen molar-refractivity contribution >= 4 is 11.0 Å². The molecule has 1 aromatic carbocycles. The van der Waals surface area contributed by atoms with Gasteiger partial charge in [-0.1, -0.05) is 6.92 Å². The van der Waals surface area contributed by atoms with Crippen LogP contribution < -0.4 is 5.56 Å². The topological polar surface area (TPSA) is 71.6 Å². The molecule has 0 unspecified atom stereocenters. The summed E-state index contributed by atoms with van der Waals surface area (Å²) < 4.78 is 1.58. The molecular weight excluding hydrogens is 276 g/mol. The lowest BCUT2D eigenvalue weighted by Crippen LogP contribution is -2.24. The SMILES string of the molecule is CCc1nc2nc(C)ccc2c(=O)n1-c1ccc(C#N)cc1. The van der Waals surface area contributed by atoms with Crippen LogP contribution in [0, 0.1) is 18.3 Å². The summed E-state index contributed by atoms with van der Waals surface area (Å²) in [5.41, 5.74) is 2.43. The average Bonchev–Trinajstić information content (AvgIpc) is 2.54. The molecule has 2 aromatic heterocycles. The minimum absolute atomic E-state index is 0.140. The van der Waals surface area contributed by atoms with Crippen LogP contribution in [0.4, 0.5) is 0 Å². The maximum atomic E-state index is 12.8. The molecule has 3 rings (SSSR count). The number of hydrogen-bond acceptors (Lipinski definition) is 4. The van der Waals surface area contributed by atoms with Crippen molar-refractivity contribution in [1.29, 1.82) is 5.26 Å². The normalized spacial score (nSPS) is 10.6. The van der Waals surface area contributed by atoms with E-state index in [1.165, 1.54) is 0 Å². The zero-order valence-corrected chi connectivity index (χ0v) is 12.4. The second-order valence-corrected chi connectivity index (χ2v) is 5.00. The van der Waals surface area contributed by atoms with Gasteiger partial charge in [0.1, 0.15) is 5.82 Å². The molecule has 0 saturated heterocycles. The molecule has 0 aliphatic carbocycles. The highest BCUT2D eigenvalue weighted by Gasteiger charge is 2.12. The highest BCUT2D eigenvalue weighted by atomic mass is 16.1. The summed E-state index contributed by atoms with van der Waals surface area (Å²) in [5.74, 6) is 0.653. The number of fused-ring (bicyclic) bond motifs is 1. The van der Waals surface area contributed by atoms with Gasteiger partial charge in [0.25, 0.3) is 5.56 Å². The van der Waals surface area contributed by atoms with Crippen molar-refractivity contribution in [3.8, 4) is 11.8 Å². The minimum Gasteiger partial charge on any atom is -0.268 e. The number of aryl methyl sites for hydroxylation is 2. The zero-order chi connectivity index (χ0) is 15.7. The lowest BCUT2D eigenvalue weighted by atomic mass is 10.2. The predicted molar refractivity (Wildman–Crippen MR) is 84.0 cm³/mol. The molecule has 2 heterocycles. The molecule has 0 bridgehead atoms. The quantitative estimate of drug-likeness (QED) is 0.727. The van der Waals surface area contributed by atoms with E-state index in [0.717, 1.165) is 5.69 Å². The van der Waals surface area contributed by atoms with Crippen molar-refractivity contribution in [1.82, 2.24) is 14.5 Å². The first kappa shape index (κ1) is 14.0. The van der Waals surface area contributed by atoms with Gasteiger partial charge in [0, 0.05) is 12.1 Å². The molecule has 0 aliphatic rings. The highest BCUT2D eigenvalue weighted by Crippen LogP contribution is 2.13. The molecule has 0 spiro atoms. The third-order valence-electron chi connectivity index (χ3n) is 3.51. The molecule has 0 aliphatic heterocycles. The molecule has 22 heavy (non-hydrogen) atoms. The first-order valence-corrected chi connectivity index (χ1v) is 7.04. The molecule has 0 atom stereocenters. The van der Waals surface area contributed by atoms with Crippen molar-refractivity contribution in [3.05, 3.63) is 63.8 Å². The smallest absolute Gasteiger partial charge is 0.267 e. The van der Waals surface area contributed by atoms with E-state index in [2.05, 4.69) is 16.0 Å². The molecule has 0 saturated carbocycles. The van der Waals surface area contributed by atoms with Crippen LogP contribution in [0.15, 0.2) is 41.2 Å². The van der Waals surface area contributed by atoms with Crippen molar-refractivity contribution in [3.63, 3.8) is 0 Å². The van der Waals surface area contributed by atoms with E-state index >= 15 is 0 Å². The van der Waals surface area contributed by atoms with E-state index in [1.807, 2.05) is 13.8 Å². The van der Waals surface area contributed by atoms with Gasteiger partial charge in [0.15, 0.2) is 5.65 Å². The standard InChI is InChI=1S/C17H14N4O/c1-3-15-20-16-14(9-4-11(2)19-16)17(22)21(15)13-7-5-12(10-18)6-8-13/h4-9H,3H2,1-2H3. The summed E-state index contributed by atoms with van der Waals surface area (Å²) in [6.07, 6.45) is 0.612. The summed E-state index contributed by atoms with van der Waals surface area (Å²) in [6, 6.07) is 12.5. The number of nitriles is 1. The summed E-state index contributed by atoms with van der Waals surface area (Å²) in [4.78, 5) is 21.7. The maximum absolute atomic E-state index is 12.8. The Bertz CT molecular complexity index is 949. The van der Waals surface area contributed by atoms with Crippen LogP contribution in [-0.2, 0) is 6.42 Å². The fraction of sp³-hybridized carbons (Fsp3) is 0.176. The maximum Gasteiger partial charge on any atom is 0.267 e. The van der Waals surface area contributed by atoms with Gasteiger partial charge in [-0.15, -0.1) is 0 Å².